The minimum Gasteiger partial charge on any atom is -0.462 e. The van der Waals surface area contributed by atoms with Crippen LogP contribution in [0.4, 0.5) is 9.59 Å². The number of rotatable bonds is 52. The molecular weight excluding hydrogens is 877 g/mol. The predicted octanol–water partition coefficient (Wildman–Crippen LogP) is 17.9. The number of ether oxygens (including phenoxy) is 4. The van der Waals surface area contributed by atoms with Gasteiger partial charge in [0.25, 0.3) is 0 Å². The Morgan fingerprint density at radius 1 is 0.343 bits per heavy atom. The molecule has 0 bridgehead atoms. The third-order valence-electron chi connectivity index (χ3n) is 14.2. The molecule has 0 radical (unpaired) electrons. The molecule has 10 nitrogen and oxygen atoms in total. The number of unbranched alkanes of at least 4 members (excludes halogenated alkanes) is 26. The minimum atomic E-state index is -0.458. The van der Waals surface area contributed by atoms with Crippen LogP contribution in [0.1, 0.15) is 305 Å². The van der Waals surface area contributed by atoms with Crippen LogP contribution in [0.5, 0.6) is 0 Å². The summed E-state index contributed by atoms with van der Waals surface area (Å²) in [6.07, 6.45) is 44.2. The van der Waals surface area contributed by atoms with E-state index in [4.69, 9.17) is 18.9 Å². The van der Waals surface area contributed by atoms with Crippen LogP contribution in [0.25, 0.3) is 0 Å². The van der Waals surface area contributed by atoms with Crippen LogP contribution in [-0.4, -0.2) is 62.6 Å². The number of carbonyl (C=O) groups is 4. The van der Waals surface area contributed by atoms with Gasteiger partial charge < -0.3 is 29.6 Å². The van der Waals surface area contributed by atoms with Crippen molar-refractivity contribution in [2.24, 2.45) is 17.8 Å². The molecule has 2 amide bonds. The Kier molecular flexibility index (Phi) is 49.5. The van der Waals surface area contributed by atoms with Crippen molar-refractivity contribution in [1.82, 2.24) is 10.6 Å². The standard InChI is InChI=1S/C60H116N2O8/c1-8-14-18-22-26-36-44-55(45-37-27-23-19-15-9-2)69-57(63)53(12-5)42-34-30-32-40-48-61-59(65)67-50-52(7)51-68-60(66)62-49-41-33-31-35-43-54(13-6)58(64)70-56(46-38-28-24-20-16-10-3)47-39-29-25-21-17-11-4/h52-56H,8-51H2,1-7H3,(H,61,65)(H,62,66). The summed E-state index contributed by atoms with van der Waals surface area (Å²) in [6, 6.07) is 0. The van der Waals surface area contributed by atoms with Gasteiger partial charge in [-0.25, -0.2) is 9.59 Å². The maximum absolute atomic E-state index is 13.2. The average Bonchev–Trinajstić information content (AvgIpc) is 3.35. The Bertz CT molecular complexity index is 1070. The summed E-state index contributed by atoms with van der Waals surface area (Å²) in [7, 11) is 0. The fraction of sp³-hybridized carbons (Fsp3) is 0.933. The Labute approximate surface area is 432 Å². The first-order valence-electron chi connectivity index (χ1n) is 30.4. The third kappa shape index (κ3) is 43.1. The maximum atomic E-state index is 13.2. The molecule has 0 heterocycles. The molecule has 0 aliphatic carbocycles. The second-order valence-corrected chi connectivity index (χ2v) is 21.1. The van der Waals surface area contributed by atoms with E-state index in [2.05, 4.69) is 52.2 Å². The van der Waals surface area contributed by atoms with E-state index in [1.807, 2.05) is 6.92 Å². The van der Waals surface area contributed by atoms with Gasteiger partial charge in [0.15, 0.2) is 0 Å². The zero-order valence-corrected chi connectivity index (χ0v) is 47.3. The Hall–Kier alpha value is -2.52. The van der Waals surface area contributed by atoms with E-state index < -0.39 is 12.2 Å². The molecule has 0 fully saturated rings. The van der Waals surface area contributed by atoms with Gasteiger partial charge >= 0.3 is 24.1 Å². The molecule has 0 saturated carbocycles. The van der Waals surface area contributed by atoms with E-state index in [0.717, 1.165) is 128 Å². The van der Waals surface area contributed by atoms with Crippen molar-refractivity contribution in [2.75, 3.05) is 26.3 Å². The first-order valence-corrected chi connectivity index (χ1v) is 30.4. The Morgan fingerprint density at radius 3 is 0.886 bits per heavy atom. The van der Waals surface area contributed by atoms with Crippen LogP contribution in [-0.2, 0) is 28.5 Å². The monoisotopic (exact) mass is 993 g/mol. The number of carbonyl (C=O) groups excluding carboxylic acids is 4. The van der Waals surface area contributed by atoms with E-state index >= 15 is 0 Å². The van der Waals surface area contributed by atoms with Gasteiger partial charge in [0.05, 0.1) is 25.0 Å². The number of hydrogen-bond acceptors (Lipinski definition) is 8. The van der Waals surface area contributed by atoms with E-state index in [9.17, 15) is 19.2 Å². The quantitative estimate of drug-likeness (QED) is 0.0350. The number of amides is 2. The Balaban J connectivity index is 4.25. The molecule has 414 valence electrons. The molecule has 0 aromatic carbocycles. The highest BCUT2D eigenvalue weighted by atomic mass is 16.6. The SMILES string of the molecule is CCCCCCCCC(CCCCCCCC)OC(=O)C(CC)CCCCCCNC(=O)OCC(C)COC(=O)NCCCCCCC(CC)C(=O)OC(CCCCCCCC)CCCCCCCC. The summed E-state index contributed by atoms with van der Waals surface area (Å²) in [5.74, 6) is -0.225. The number of esters is 2. The summed E-state index contributed by atoms with van der Waals surface area (Å²) < 4.78 is 23.1. The summed E-state index contributed by atoms with van der Waals surface area (Å²) >= 11 is 0. The molecular formula is C60H116N2O8. The van der Waals surface area contributed by atoms with Gasteiger partial charge in [-0.1, -0.05) is 215 Å². The van der Waals surface area contributed by atoms with Gasteiger partial charge in [-0.15, -0.1) is 0 Å². The third-order valence-corrected chi connectivity index (χ3v) is 14.2. The zero-order chi connectivity index (χ0) is 51.6. The van der Waals surface area contributed by atoms with E-state index in [0.29, 0.717) is 13.1 Å². The molecule has 0 rings (SSSR count). The molecule has 0 aromatic rings. The lowest BCUT2D eigenvalue weighted by Gasteiger charge is -2.22. The van der Waals surface area contributed by atoms with Gasteiger partial charge in [-0.3, -0.25) is 9.59 Å². The van der Waals surface area contributed by atoms with Crippen molar-refractivity contribution in [3.63, 3.8) is 0 Å². The topological polar surface area (TPSA) is 129 Å². The highest BCUT2D eigenvalue weighted by molar-refractivity contribution is 5.73. The smallest absolute Gasteiger partial charge is 0.407 e. The normalized spacial score (nSPS) is 12.8. The van der Waals surface area contributed by atoms with E-state index in [1.165, 1.54) is 128 Å². The van der Waals surface area contributed by atoms with Crippen LogP contribution >= 0.6 is 0 Å². The fourth-order valence-corrected chi connectivity index (χ4v) is 9.34. The van der Waals surface area contributed by atoms with Crippen LogP contribution in [0.3, 0.4) is 0 Å². The van der Waals surface area contributed by atoms with Crippen LogP contribution in [0, 0.1) is 17.8 Å². The lowest BCUT2D eigenvalue weighted by molar-refractivity contribution is -0.156. The van der Waals surface area contributed by atoms with Crippen molar-refractivity contribution in [1.29, 1.82) is 0 Å². The number of hydrogen-bond donors (Lipinski definition) is 2. The second kappa shape index (κ2) is 51.4. The highest BCUT2D eigenvalue weighted by Crippen LogP contribution is 2.24. The first-order chi connectivity index (χ1) is 34.1. The van der Waals surface area contributed by atoms with Gasteiger partial charge in [-0.2, -0.15) is 0 Å². The molecule has 0 saturated heterocycles. The average molecular weight is 994 g/mol. The molecule has 10 heteroatoms. The zero-order valence-electron chi connectivity index (χ0n) is 47.3. The Morgan fingerprint density at radius 2 is 0.600 bits per heavy atom. The molecule has 2 N–H and O–H groups in total. The molecule has 0 aliphatic heterocycles. The molecule has 0 aliphatic rings. The summed E-state index contributed by atoms with van der Waals surface area (Å²) in [5, 5.41) is 5.67. The van der Waals surface area contributed by atoms with Crippen LogP contribution < -0.4 is 10.6 Å². The van der Waals surface area contributed by atoms with Crippen molar-refractivity contribution in [2.45, 2.75) is 318 Å². The fourth-order valence-electron chi connectivity index (χ4n) is 9.34. The van der Waals surface area contributed by atoms with Crippen LogP contribution in [0.15, 0.2) is 0 Å². The van der Waals surface area contributed by atoms with Crippen molar-refractivity contribution < 1.29 is 38.1 Å². The lowest BCUT2D eigenvalue weighted by Crippen LogP contribution is -2.30. The maximum Gasteiger partial charge on any atom is 0.407 e. The van der Waals surface area contributed by atoms with Gasteiger partial charge in [-0.05, 0) is 89.9 Å². The predicted molar refractivity (Wildman–Crippen MR) is 293 cm³/mol. The molecule has 2 unspecified atom stereocenters. The molecule has 70 heavy (non-hydrogen) atoms. The van der Waals surface area contributed by atoms with E-state index in [1.54, 1.807) is 0 Å². The van der Waals surface area contributed by atoms with Crippen molar-refractivity contribution in [3.8, 4) is 0 Å². The highest BCUT2D eigenvalue weighted by Gasteiger charge is 2.23. The molecule has 0 aromatic heterocycles. The number of nitrogens with one attached hydrogen (secondary N) is 2. The van der Waals surface area contributed by atoms with E-state index in [-0.39, 0.29) is 55.1 Å². The number of alkyl carbamates (subject to hydrolysis) is 2. The van der Waals surface area contributed by atoms with Crippen molar-refractivity contribution >= 4 is 24.1 Å². The van der Waals surface area contributed by atoms with Gasteiger partial charge in [0.2, 0.25) is 0 Å². The van der Waals surface area contributed by atoms with Crippen molar-refractivity contribution in [3.05, 3.63) is 0 Å². The van der Waals surface area contributed by atoms with Gasteiger partial charge in [0.1, 0.15) is 12.2 Å². The largest absolute Gasteiger partial charge is 0.462 e. The summed E-state index contributed by atoms with van der Waals surface area (Å²) in [4.78, 5) is 51.1. The van der Waals surface area contributed by atoms with Gasteiger partial charge in [0, 0.05) is 19.0 Å². The summed E-state index contributed by atoms with van der Waals surface area (Å²) in [5.41, 5.74) is 0. The molecule has 2 atom stereocenters. The minimum absolute atomic E-state index is 0.00550. The second-order valence-electron chi connectivity index (χ2n) is 21.1. The van der Waals surface area contributed by atoms with Crippen LogP contribution in [0.2, 0.25) is 0 Å². The summed E-state index contributed by atoms with van der Waals surface area (Å²) in [6.45, 7) is 16.5. The lowest BCUT2D eigenvalue weighted by atomic mass is 9.97. The molecule has 0 spiro atoms. The first kappa shape index (κ1) is 67.5.